The van der Waals surface area contributed by atoms with Crippen molar-refractivity contribution in [3.8, 4) is 17.0 Å². The molecule has 0 amide bonds. The predicted octanol–water partition coefficient (Wildman–Crippen LogP) is 4.10. The zero-order chi connectivity index (χ0) is 21.0. The Balaban J connectivity index is 1.53. The molecule has 0 atom stereocenters. The van der Waals surface area contributed by atoms with Gasteiger partial charge in [-0.25, -0.2) is 14.4 Å². The highest BCUT2D eigenvalue weighted by molar-refractivity contribution is 5.87. The standard InChI is InChI=1S/C23H21FN6O/c24-16-2-1-3-17(11-16)29-23-28-13-15-10-19(21-14-26-8-9-27-21)22(12-20(15)30-23)31-18-4-6-25-7-5-18/h1-3,8-14,18,25H,4-7H2,(H,28,29,30). The first-order valence-electron chi connectivity index (χ1n) is 10.2. The summed E-state index contributed by atoms with van der Waals surface area (Å²) in [5.74, 6) is 0.783. The summed E-state index contributed by atoms with van der Waals surface area (Å²) in [5, 5.41) is 7.25. The van der Waals surface area contributed by atoms with Crippen molar-refractivity contribution in [3.05, 3.63) is 67.0 Å². The molecule has 1 saturated heterocycles. The summed E-state index contributed by atoms with van der Waals surface area (Å²) < 4.78 is 19.9. The van der Waals surface area contributed by atoms with E-state index in [1.165, 1.54) is 12.1 Å². The second-order valence-electron chi connectivity index (χ2n) is 7.39. The van der Waals surface area contributed by atoms with Gasteiger partial charge in [0.1, 0.15) is 17.7 Å². The van der Waals surface area contributed by atoms with Gasteiger partial charge < -0.3 is 15.4 Å². The molecule has 1 fully saturated rings. The van der Waals surface area contributed by atoms with E-state index in [0.717, 1.165) is 53.8 Å². The Morgan fingerprint density at radius 3 is 2.74 bits per heavy atom. The van der Waals surface area contributed by atoms with Gasteiger partial charge in [-0.05, 0) is 50.2 Å². The molecule has 8 heteroatoms. The monoisotopic (exact) mass is 416 g/mol. The normalized spacial score (nSPS) is 14.5. The number of nitrogens with one attached hydrogen (secondary N) is 2. The second kappa shape index (κ2) is 8.61. The lowest BCUT2D eigenvalue weighted by atomic mass is 10.1. The van der Waals surface area contributed by atoms with Crippen LogP contribution in [0.4, 0.5) is 16.0 Å². The van der Waals surface area contributed by atoms with Crippen molar-refractivity contribution in [2.24, 2.45) is 0 Å². The van der Waals surface area contributed by atoms with Crippen molar-refractivity contribution in [2.75, 3.05) is 18.4 Å². The number of benzene rings is 2. The van der Waals surface area contributed by atoms with Crippen molar-refractivity contribution in [1.82, 2.24) is 25.3 Å². The number of ether oxygens (including phenoxy) is 1. The number of rotatable bonds is 5. The van der Waals surface area contributed by atoms with E-state index in [0.29, 0.717) is 11.6 Å². The van der Waals surface area contributed by atoms with Gasteiger partial charge in [-0.1, -0.05) is 6.07 Å². The van der Waals surface area contributed by atoms with Gasteiger partial charge in [0.15, 0.2) is 0 Å². The molecule has 0 saturated carbocycles. The quantitative estimate of drug-likeness (QED) is 0.507. The molecule has 31 heavy (non-hydrogen) atoms. The average Bonchev–Trinajstić information content (AvgIpc) is 2.80. The molecule has 4 aromatic rings. The number of piperidine rings is 1. The van der Waals surface area contributed by atoms with E-state index in [9.17, 15) is 4.39 Å². The van der Waals surface area contributed by atoms with E-state index in [1.54, 1.807) is 36.9 Å². The lowest BCUT2D eigenvalue weighted by Gasteiger charge is -2.25. The number of anilines is 2. The van der Waals surface area contributed by atoms with E-state index < -0.39 is 0 Å². The number of hydrogen-bond acceptors (Lipinski definition) is 7. The van der Waals surface area contributed by atoms with Crippen LogP contribution in [-0.2, 0) is 0 Å². The molecule has 0 spiro atoms. The van der Waals surface area contributed by atoms with Gasteiger partial charge in [-0.2, -0.15) is 0 Å². The van der Waals surface area contributed by atoms with Crippen LogP contribution in [0.25, 0.3) is 22.2 Å². The molecule has 7 nitrogen and oxygen atoms in total. The molecule has 2 aromatic carbocycles. The summed E-state index contributed by atoms with van der Waals surface area (Å²) in [5.41, 5.74) is 2.90. The number of fused-ring (bicyclic) bond motifs is 1. The Bertz CT molecular complexity index is 1200. The molecule has 0 radical (unpaired) electrons. The third kappa shape index (κ3) is 4.44. The van der Waals surface area contributed by atoms with Gasteiger partial charge in [-0.3, -0.25) is 9.97 Å². The van der Waals surface area contributed by atoms with Crippen LogP contribution in [0, 0.1) is 5.82 Å². The highest BCUT2D eigenvalue weighted by Gasteiger charge is 2.19. The molecule has 0 unspecified atom stereocenters. The van der Waals surface area contributed by atoms with Crippen molar-refractivity contribution < 1.29 is 9.13 Å². The molecule has 2 N–H and O–H groups in total. The summed E-state index contributed by atoms with van der Waals surface area (Å²) in [6.45, 7) is 1.87. The van der Waals surface area contributed by atoms with E-state index in [2.05, 4.69) is 30.6 Å². The maximum atomic E-state index is 13.5. The molecular weight excluding hydrogens is 395 g/mol. The summed E-state index contributed by atoms with van der Waals surface area (Å²) in [7, 11) is 0. The minimum Gasteiger partial charge on any atom is -0.490 e. The first-order chi connectivity index (χ1) is 15.2. The molecule has 1 aliphatic rings. The zero-order valence-corrected chi connectivity index (χ0v) is 16.8. The predicted molar refractivity (Wildman–Crippen MR) is 117 cm³/mol. The molecule has 0 aliphatic carbocycles. The largest absolute Gasteiger partial charge is 0.490 e. The van der Waals surface area contributed by atoms with Crippen LogP contribution < -0.4 is 15.4 Å². The third-order valence-corrected chi connectivity index (χ3v) is 5.18. The molecule has 3 heterocycles. The summed E-state index contributed by atoms with van der Waals surface area (Å²) in [6.07, 6.45) is 8.76. The van der Waals surface area contributed by atoms with E-state index in [4.69, 9.17) is 4.74 Å². The molecule has 1 aliphatic heterocycles. The van der Waals surface area contributed by atoms with Gasteiger partial charge in [0.05, 0.1) is 17.4 Å². The Labute approximate surface area is 178 Å². The SMILES string of the molecule is Fc1cccc(Nc2ncc3cc(-c4cnccn4)c(OC4CCNCC4)cc3n2)c1. The lowest BCUT2D eigenvalue weighted by Crippen LogP contribution is -2.34. The molecule has 0 bridgehead atoms. The smallest absolute Gasteiger partial charge is 0.227 e. The Morgan fingerprint density at radius 1 is 1.03 bits per heavy atom. The summed E-state index contributed by atoms with van der Waals surface area (Å²) in [6, 6.07) is 10.1. The Morgan fingerprint density at radius 2 is 1.94 bits per heavy atom. The van der Waals surface area contributed by atoms with Gasteiger partial charge >= 0.3 is 0 Å². The maximum absolute atomic E-state index is 13.5. The van der Waals surface area contributed by atoms with E-state index >= 15 is 0 Å². The number of hydrogen-bond donors (Lipinski definition) is 2. The fourth-order valence-corrected chi connectivity index (χ4v) is 3.64. The summed E-state index contributed by atoms with van der Waals surface area (Å²) >= 11 is 0. The topological polar surface area (TPSA) is 84.9 Å². The van der Waals surface area contributed by atoms with Crippen LogP contribution >= 0.6 is 0 Å². The van der Waals surface area contributed by atoms with Gasteiger partial charge in [0.25, 0.3) is 0 Å². The molecular formula is C23H21FN6O. The Hall–Kier alpha value is -3.65. The molecule has 5 rings (SSSR count). The summed E-state index contributed by atoms with van der Waals surface area (Å²) in [4.78, 5) is 17.6. The highest BCUT2D eigenvalue weighted by Crippen LogP contribution is 2.34. The minimum absolute atomic E-state index is 0.126. The molecule has 2 aromatic heterocycles. The zero-order valence-electron chi connectivity index (χ0n) is 16.8. The first kappa shape index (κ1) is 19.3. The Kier molecular flexibility index (Phi) is 5.37. The van der Waals surface area contributed by atoms with Crippen LogP contribution in [0.15, 0.2) is 61.2 Å². The number of nitrogens with zero attached hydrogens (tertiary/aromatic N) is 4. The van der Waals surface area contributed by atoms with Crippen LogP contribution in [0.3, 0.4) is 0 Å². The van der Waals surface area contributed by atoms with Crippen LogP contribution in [0.2, 0.25) is 0 Å². The van der Waals surface area contributed by atoms with E-state index in [1.807, 2.05) is 12.1 Å². The second-order valence-corrected chi connectivity index (χ2v) is 7.39. The van der Waals surface area contributed by atoms with Crippen LogP contribution in [-0.4, -0.2) is 39.1 Å². The van der Waals surface area contributed by atoms with Crippen LogP contribution in [0.5, 0.6) is 5.75 Å². The van der Waals surface area contributed by atoms with Crippen molar-refractivity contribution in [1.29, 1.82) is 0 Å². The van der Waals surface area contributed by atoms with Gasteiger partial charge in [0, 0.05) is 41.3 Å². The van der Waals surface area contributed by atoms with Crippen molar-refractivity contribution >= 4 is 22.5 Å². The average molecular weight is 416 g/mol. The molecule has 156 valence electrons. The first-order valence-corrected chi connectivity index (χ1v) is 10.2. The van der Waals surface area contributed by atoms with Crippen LogP contribution in [0.1, 0.15) is 12.8 Å². The van der Waals surface area contributed by atoms with Crippen molar-refractivity contribution in [3.63, 3.8) is 0 Å². The fraction of sp³-hybridized carbons (Fsp3) is 0.217. The van der Waals surface area contributed by atoms with Gasteiger partial charge in [0.2, 0.25) is 5.95 Å². The number of halogens is 1. The third-order valence-electron chi connectivity index (χ3n) is 5.18. The minimum atomic E-state index is -0.322. The van der Waals surface area contributed by atoms with Gasteiger partial charge in [-0.15, -0.1) is 0 Å². The van der Waals surface area contributed by atoms with Crippen molar-refractivity contribution in [2.45, 2.75) is 18.9 Å². The number of aromatic nitrogens is 4. The highest BCUT2D eigenvalue weighted by atomic mass is 19.1. The van der Waals surface area contributed by atoms with E-state index in [-0.39, 0.29) is 11.9 Å². The lowest BCUT2D eigenvalue weighted by molar-refractivity contribution is 0.163. The fourth-order valence-electron chi connectivity index (χ4n) is 3.64. The maximum Gasteiger partial charge on any atom is 0.227 e.